The van der Waals surface area contributed by atoms with Crippen LogP contribution in [0.15, 0.2) is 12.1 Å². The molecule has 0 saturated carbocycles. The molecule has 0 radical (unpaired) electrons. The van der Waals surface area contributed by atoms with E-state index in [0.29, 0.717) is 18.7 Å². The molecule has 4 nitrogen and oxygen atoms in total. The Morgan fingerprint density at radius 2 is 1.86 bits per heavy atom. The van der Waals surface area contributed by atoms with Gasteiger partial charge in [-0.1, -0.05) is 0 Å². The van der Waals surface area contributed by atoms with Gasteiger partial charge in [0.05, 0.1) is 6.61 Å². The standard InChI is InChI=1S/C15H19F3N2O2/c1-22-9-15(2-4-19-5-3-15)8-20-14(21)13-11(17)6-10(16)7-12(13)18/h6-7,19H,2-5,8-9H2,1H3,(H,20,21). The van der Waals surface area contributed by atoms with E-state index in [2.05, 4.69) is 10.6 Å². The van der Waals surface area contributed by atoms with Gasteiger partial charge in [0.2, 0.25) is 0 Å². The smallest absolute Gasteiger partial charge is 0.257 e. The summed E-state index contributed by atoms with van der Waals surface area (Å²) in [5.41, 5.74) is -1.02. The van der Waals surface area contributed by atoms with E-state index >= 15 is 0 Å². The van der Waals surface area contributed by atoms with Gasteiger partial charge in [-0.3, -0.25) is 4.79 Å². The van der Waals surface area contributed by atoms with Crippen molar-refractivity contribution in [1.29, 1.82) is 0 Å². The van der Waals surface area contributed by atoms with Gasteiger partial charge >= 0.3 is 0 Å². The molecule has 7 heteroatoms. The zero-order valence-corrected chi connectivity index (χ0v) is 12.3. The van der Waals surface area contributed by atoms with Gasteiger partial charge in [-0.25, -0.2) is 13.2 Å². The second-order valence-corrected chi connectivity index (χ2v) is 5.61. The van der Waals surface area contributed by atoms with E-state index in [0.717, 1.165) is 25.9 Å². The number of methoxy groups -OCH3 is 1. The molecule has 1 aromatic rings. The van der Waals surface area contributed by atoms with Crippen LogP contribution in [-0.4, -0.2) is 39.3 Å². The van der Waals surface area contributed by atoms with Crippen molar-refractivity contribution in [2.75, 3.05) is 33.4 Å². The third-order valence-corrected chi connectivity index (χ3v) is 3.97. The van der Waals surface area contributed by atoms with Crippen molar-refractivity contribution in [1.82, 2.24) is 10.6 Å². The molecule has 2 rings (SSSR count). The number of amides is 1. The summed E-state index contributed by atoms with van der Waals surface area (Å²) in [6, 6.07) is 0.987. The molecule has 0 unspecified atom stereocenters. The van der Waals surface area contributed by atoms with Crippen molar-refractivity contribution in [3.63, 3.8) is 0 Å². The average molecular weight is 316 g/mol. The van der Waals surface area contributed by atoms with E-state index in [1.807, 2.05) is 0 Å². The highest BCUT2D eigenvalue weighted by Crippen LogP contribution is 2.28. The van der Waals surface area contributed by atoms with Crippen molar-refractivity contribution in [3.8, 4) is 0 Å². The van der Waals surface area contributed by atoms with Crippen molar-refractivity contribution in [2.45, 2.75) is 12.8 Å². The quantitative estimate of drug-likeness (QED) is 0.872. The van der Waals surface area contributed by atoms with Crippen molar-refractivity contribution in [2.24, 2.45) is 5.41 Å². The Bertz CT molecular complexity index is 517. The number of halogens is 3. The van der Waals surface area contributed by atoms with Crippen molar-refractivity contribution < 1.29 is 22.7 Å². The van der Waals surface area contributed by atoms with E-state index in [-0.39, 0.29) is 12.0 Å². The lowest BCUT2D eigenvalue weighted by atomic mass is 9.79. The zero-order chi connectivity index (χ0) is 16.2. The first-order valence-corrected chi connectivity index (χ1v) is 7.10. The SMILES string of the molecule is COCC1(CNC(=O)c2c(F)cc(F)cc2F)CCNCC1. The van der Waals surface area contributed by atoms with E-state index < -0.39 is 28.9 Å². The summed E-state index contributed by atoms with van der Waals surface area (Å²) < 4.78 is 45.3. The highest BCUT2D eigenvalue weighted by atomic mass is 19.1. The average Bonchev–Trinajstić information content (AvgIpc) is 2.45. The van der Waals surface area contributed by atoms with Gasteiger partial charge in [0.25, 0.3) is 5.91 Å². The van der Waals surface area contributed by atoms with E-state index in [9.17, 15) is 18.0 Å². The first-order chi connectivity index (χ1) is 10.5. The number of piperidine rings is 1. The van der Waals surface area contributed by atoms with Gasteiger partial charge in [0, 0.05) is 31.2 Å². The number of hydrogen-bond donors (Lipinski definition) is 2. The predicted octanol–water partition coefficient (Wildman–Crippen LogP) is 1.85. The molecule has 2 N–H and O–H groups in total. The molecule has 1 saturated heterocycles. The van der Waals surface area contributed by atoms with Crippen LogP contribution in [0.2, 0.25) is 0 Å². The molecule has 1 aliphatic rings. The summed E-state index contributed by atoms with van der Waals surface area (Å²) in [5, 5.41) is 5.76. The minimum Gasteiger partial charge on any atom is -0.384 e. The number of carbonyl (C=O) groups is 1. The van der Waals surface area contributed by atoms with Gasteiger partial charge in [0.15, 0.2) is 0 Å². The summed E-state index contributed by atoms with van der Waals surface area (Å²) in [6.07, 6.45) is 1.57. The molecule has 0 aromatic heterocycles. The van der Waals surface area contributed by atoms with Crippen LogP contribution in [0, 0.1) is 22.9 Å². The number of carbonyl (C=O) groups excluding carboxylic acids is 1. The van der Waals surface area contributed by atoms with Crippen LogP contribution in [0.25, 0.3) is 0 Å². The fourth-order valence-corrected chi connectivity index (χ4v) is 2.75. The van der Waals surface area contributed by atoms with Gasteiger partial charge in [-0.15, -0.1) is 0 Å². The van der Waals surface area contributed by atoms with Gasteiger partial charge < -0.3 is 15.4 Å². The first kappa shape index (κ1) is 16.8. The van der Waals surface area contributed by atoms with Gasteiger partial charge in [-0.2, -0.15) is 0 Å². The maximum Gasteiger partial charge on any atom is 0.257 e. The Labute approximate surface area is 127 Å². The lowest BCUT2D eigenvalue weighted by Crippen LogP contribution is -2.47. The number of rotatable bonds is 5. The molecule has 0 spiro atoms. The molecule has 1 aliphatic heterocycles. The summed E-state index contributed by atoms with van der Waals surface area (Å²) in [5.74, 6) is -4.35. The Morgan fingerprint density at radius 1 is 1.27 bits per heavy atom. The molecular formula is C15H19F3N2O2. The first-order valence-electron chi connectivity index (χ1n) is 7.10. The number of nitrogens with one attached hydrogen (secondary N) is 2. The molecule has 1 heterocycles. The second kappa shape index (κ2) is 7.11. The lowest BCUT2D eigenvalue weighted by molar-refractivity contribution is 0.0510. The number of benzene rings is 1. The van der Waals surface area contributed by atoms with Crippen LogP contribution in [0.3, 0.4) is 0 Å². The highest BCUT2D eigenvalue weighted by Gasteiger charge is 2.33. The Balaban J connectivity index is 2.08. The maximum atomic E-state index is 13.6. The zero-order valence-electron chi connectivity index (χ0n) is 12.3. The second-order valence-electron chi connectivity index (χ2n) is 5.61. The molecule has 22 heavy (non-hydrogen) atoms. The molecule has 1 fully saturated rings. The third-order valence-electron chi connectivity index (χ3n) is 3.97. The monoisotopic (exact) mass is 316 g/mol. The Morgan fingerprint density at radius 3 is 2.41 bits per heavy atom. The molecular weight excluding hydrogens is 297 g/mol. The van der Waals surface area contributed by atoms with E-state index in [1.54, 1.807) is 7.11 Å². The molecule has 1 aromatic carbocycles. The summed E-state index contributed by atoms with van der Waals surface area (Å²) in [6.45, 7) is 2.28. The molecule has 1 amide bonds. The van der Waals surface area contributed by atoms with Crippen LogP contribution >= 0.6 is 0 Å². The van der Waals surface area contributed by atoms with Crippen molar-refractivity contribution >= 4 is 5.91 Å². The number of ether oxygens (including phenoxy) is 1. The minimum atomic E-state index is -1.21. The maximum absolute atomic E-state index is 13.6. The van der Waals surface area contributed by atoms with Gasteiger partial charge in [0.1, 0.15) is 23.0 Å². The Hall–Kier alpha value is -1.60. The highest BCUT2D eigenvalue weighted by molar-refractivity contribution is 5.94. The molecule has 122 valence electrons. The summed E-state index contributed by atoms with van der Waals surface area (Å²) >= 11 is 0. The molecule has 0 aliphatic carbocycles. The normalized spacial score (nSPS) is 17.3. The predicted molar refractivity (Wildman–Crippen MR) is 75.1 cm³/mol. The molecule has 0 atom stereocenters. The Kier molecular flexibility index (Phi) is 5.42. The lowest BCUT2D eigenvalue weighted by Gasteiger charge is -2.37. The van der Waals surface area contributed by atoms with Gasteiger partial charge in [-0.05, 0) is 25.9 Å². The largest absolute Gasteiger partial charge is 0.384 e. The third kappa shape index (κ3) is 3.78. The van der Waals surface area contributed by atoms with Crippen LogP contribution in [0.1, 0.15) is 23.2 Å². The fourth-order valence-electron chi connectivity index (χ4n) is 2.75. The minimum absolute atomic E-state index is 0.248. The van der Waals surface area contributed by atoms with Crippen LogP contribution in [-0.2, 0) is 4.74 Å². The fraction of sp³-hybridized carbons (Fsp3) is 0.533. The summed E-state index contributed by atoms with van der Waals surface area (Å²) in [7, 11) is 1.57. The van der Waals surface area contributed by atoms with E-state index in [4.69, 9.17) is 4.74 Å². The summed E-state index contributed by atoms with van der Waals surface area (Å²) in [4.78, 5) is 12.0. The number of hydrogen-bond acceptors (Lipinski definition) is 3. The van der Waals surface area contributed by atoms with Crippen molar-refractivity contribution in [3.05, 3.63) is 35.1 Å². The van der Waals surface area contributed by atoms with Crippen LogP contribution < -0.4 is 10.6 Å². The van der Waals surface area contributed by atoms with Crippen LogP contribution in [0.5, 0.6) is 0 Å². The van der Waals surface area contributed by atoms with Crippen LogP contribution in [0.4, 0.5) is 13.2 Å². The molecule has 0 bridgehead atoms. The topological polar surface area (TPSA) is 50.4 Å². The van der Waals surface area contributed by atoms with E-state index in [1.165, 1.54) is 0 Å².